The van der Waals surface area contributed by atoms with Crippen molar-refractivity contribution in [2.24, 2.45) is 11.7 Å². The van der Waals surface area contributed by atoms with E-state index >= 15 is 0 Å². The molecule has 144 valence electrons. The van der Waals surface area contributed by atoms with Crippen molar-refractivity contribution in [2.45, 2.75) is 50.2 Å². The van der Waals surface area contributed by atoms with Gasteiger partial charge >= 0.3 is 0 Å². The summed E-state index contributed by atoms with van der Waals surface area (Å²) in [5, 5.41) is 11.3. The Morgan fingerprint density at radius 3 is 2.73 bits per heavy atom. The molecule has 1 saturated heterocycles. The fourth-order valence-electron chi connectivity index (χ4n) is 4.73. The molecule has 3 N–H and O–H groups in total. The van der Waals surface area contributed by atoms with Gasteiger partial charge in [0.25, 0.3) is 0 Å². The van der Waals surface area contributed by atoms with Gasteiger partial charge in [0.05, 0.1) is 19.8 Å². The first kappa shape index (κ1) is 19.0. The van der Waals surface area contributed by atoms with Gasteiger partial charge in [-0.05, 0) is 37.0 Å². The minimum atomic E-state index is -0.626. The molecule has 0 spiro atoms. The number of nitrogens with zero attached hydrogens (tertiary/aromatic N) is 1. The lowest BCUT2D eigenvalue weighted by Gasteiger charge is -2.52. The standard InChI is InChI=1S/C20H30N2O4/c1-25-16-7-6-14(13-17(16)26-2)19-15-5-3-4-9-20(15,24)10-12-22(19)11-8-18(21)23/h6-7,13,15,19,24H,3-5,8-12H2,1-2H3,(H2,21,23). The zero-order valence-electron chi connectivity index (χ0n) is 15.7. The van der Waals surface area contributed by atoms with E-state index in [0.717, 1.165) is 44.2 Å². The molecule has 1 amide bonds. The predicted molar refractivity (Wildman–Crippen MR) is 99.2 cm³/mol. The second kappa shape index (κ2) is 7.84. The Morgan fingerprint density at radius 2 is 2.04 bits per heavy atom. The average Bonchev–Trinajstić information content (AvgIpc) is 2.65. The van der Waals surface area contributed by atoms with Gasteiger partial charge in [-0.1, -0.05) is 18.9 Å². The molecule has 3 unspecified atom stereocenters. The highest BCUT2D eigenvalue weighted by molar-refractivity contribution is 5.73. The number of hydrogen-bond donors (Lipinski definition) is 2. The van der Waals surface area contributed by atoms with Crippen molar-refractivity contribution >= 4 is 5.91 Å². The molecule has 2 aliphatic rings. The third-order valence-corrected chi connectivity index (χ3v) is 6.07. The van der Waals surface area contributed by atoms with E-state index in [1.165, 1.54) is 0 Å². The zero-order chi connectivity index (χ0) is 18.7. The second-order valence-corrected chi connectivity index (χ2v) is 7.52. The summed E-state index contributed by atoms with van der Waals surface area (Å²) in [5.74, 6) is 1.23. The van der Waals surface area contributed by atoms with Crippen molar-refractivity contribution in [3.05, 3.63) is 23.8 Å². The van der Waals surface area contributed by atoms with Crippen molar-refractivity contribution in [1.29, 1.82) is 0 Å². The van der Waals surface area contributed by atoms with Crippen LogP contribution in [0.4, 0.5) is 0 Å². The number of methoxy groups -OCH3 is 2. The van der Waals surface area contributed by atoms with E-state index in [1.807, 2.05) is 18.2 Å². The molecule has 6 heteroatoms. The van der Waals surface area contributed by atoms with Gasteiger partial charge in [-0.3, -0.25) is 9.69 Å². The maximum atomic E-state index is 11.3. The molecule has 1 saturated carbocycles. The summed E-state index contributed by atoms with van der Waals surface area (Å²) in [4.78, 5) is 13.6. The number of fused-ring (bicyclic) bond motifs is 1. The van der Waals surface area contributed by atoms with Gasteiger partial charge in [0.1, 0.15) is 0 Å². The first-order chi connectivity index (χ1) is 12.5. The summed E-state index contributed by atoms with van der Waals surface area (Å²) in [5.41, 5.74) is 5.85. The van der Waals surface area contributed by atoms with Crippen LogP contribution in [0.3, 0.4) is 0 Å². The van der Waals surface area contributed by atoms with Crippen molar-refractivity contribution in [3.63, 3.8) is 0 Å². The number of likely N-dealkylation sites (tertiary alicyclic amines) is 1. The van der Waals surface area contributed by atoms with Crippen LogP contribution in [0.1, 0.15) is 50.1 Å². The fraction of sp³-hybridized carbons (Fsp3) is 0.650. The number of primary amides is 1. The van der Waals surface area contributed by atoms with Gasteiger partial charge in [-0.2, -0.15) is 0 Å². The third kappa shape index (κ3) is 3.67. The Labute approximate surface area is 155 Å². The van der Waals surface area contributed by atoms with Crippen LogP contribution < -0.4 is 15.2 Å². The molecule has 6 nitrogen and oxygen atoms in total. The third-order valence-electron chi connectivity index (χ3n) is 6.07. The Hall–Kier alpha value is -1.79. The summed E-state index contributed by atoms with van der Waals surface area (Å²) in [7, 11) is 3.25. The first-order valence-electron chi connectivity index (χ1n) is 9.45. The summed E-state index contributed by atoms with van der Waals surface area (Å²) in [6.45, 7) is 1.38. The molecule has 0 bridgehead atoms. The highest BCUT2D eigenvalue weighted by Gasteiger charge is 2.48. The van der Waals surface area contributed by atoms with E-state index in [9.17, 15) is 9.90 Å². The first-order valence-corrected chi connectivity index (χ1v) is 9.45. The van der Waals surface area contributed by atoms with Gasteiger partial charge in [0.15, 0.2) is 11.5 Å². The second-order valence-electron chi connectivity index (χ2n) is 7.52. The molecule has 2 fully saturated rings. The summed E-state index contributed by atoms with van der Waals surface area (Å²) in [6.07, 6.45) is 5.12. The smallest absolute Gasteiger partial charge is 0.218 e. The van der Waals surface area contributed by atoms with E-state index in [1.54, 1.807) is 14.2 Å². The molecule has 3 rings (SSSR count). The van der Waals surface area contributed by atoms with Crippen molar-refractivity contribution in [2.75, 3.05) is 27.3 Å². The highest BCUT2D eigenvalue weighted by Crippen LogP contribution is 2.50. The van der Waals surface area contributed by atoms with E-state index in [0.29, 0.717) is 24.5 Å². The number of rotatable bonds is 6. The predicted octanol–water partition coefficient (Wildman–Crippen LogP) is 2.25. The van der Waals surface area contributed by atoms with E-state index < -0.39 is 5.60 Å². The van der Waals surface area contributed by atoms with Crippen LogP contribution in [-0.2, 0) is 4.79 Å². The molecule has 26 heavy (non-hydrogen) atoms. The molecule has 1 aliphatic heterocycles. The number of carbonyl (C=O) groups excluding carboxylic acids is 1. The van der Waals surface area contributed by atoms with E-state index in [2.05, 4.69) is 4.90 Å². The molecule has 1 heterocycles. The Morgan fingerprint density at radius 1 is 1.27 bits per heavy atom. The average molecular weight is 362 g/mol. The molecule has 1 aromatic carbocycles. The topological polar surface area (TPSA) is 85.0 Å². The molecule has 1 aromatic rings. The monoisotopic (exact) mass is 362 g/mol. The van der Waals surface area contributed by atoms with E-state index in [4.69, 9.17) is 15.2 Å². The van der Waals surface area contributed by atoms with Gasteiger partial charge < -0.3 is 20.3 Å². The number of carbonyl (C=O) groups is 1. The van der Waals surface area contributed by atoms with Gasteiger partial charge in [0, 0.05) is 31.5 Å². The van der Waals surface area contributed by atoms with Crippen LogP contribution in [0.2, 0.25) is 0 Å². The summed E-state index contributed by atoms with van der Waals surface area (Å²) in [6, 6.07) is 6.01. The normalized spacial score (nSPS) is 29.0. The lowest BCUT2D eigenvalue weighted by atomic mass is 9.66. The van der Waals surface area contributed by atoms with Crippen LogP contribution in [0.5, 0.6) is 11.5 Å². The molecule has 1 aliphatic carbocycles. The molecular weight excluding hydrogens is 332 g/mol. The Kier molecular flexibility index (Phi) is 5.73. The number of nitrogens with two attached hydrogens (primary N) is 1. The zero-order valence-corrected chi connectivity index (χ0v) is 15.7. The lowest BCUT2D eigenvalue weighted by Crippen LogP contribution is -2.55. The number of piperidine rings is 1. The highest BCUT2D eigenvalue weighted by atomic mass is 16.5. The van der Waals surface area contributed by atoms with Crippen LogP contribution in [0.25, 0.3) is 0 Å². The maximum Gasteiger partial charge on any atom is 0.218 e. The number of aliphatic hydroxyl groups is 1. The largest absolute Gasteiger partial charge is 0.493 e. The van der Waals surface area contributed by atoms with Crippen molar-refractivity contribution in [1.82, 2.24) is 4.90 Å². The van der Waals surface area contributed by atoms with Crippen molar-refractivity contribution in [3.8, 4) is 11.5 Å². The van der Waals surface area contributed by atoms with Gasteiger partial charge in [-0.15, -0.1) is 0 Å². The molecule has 3 atom stereocenters. The Balaban J connectivity index is 1.96. The number of benzene rings is 1. The number of amides is 1. The minimum absolute atomic E-state index is 0.0493. The van der Waals surface area contributed by atoms with Crippen LogP contribution in [0, 0.1) is 5.92 Å². The maximum absolute atomic E-state index is 11.3. The number of hydrogen-bond acceptors (Lipinski definition) is 5. The fourth-order valence-corrected chi connectivity index (χ4v) is 4.73. The quantitative estimate of drug-likeness (QED) is 0.811. The molecular formula is C20H30N2O4. The van der Waals surface area contributed by atoms with Crippen LogP contribution in [0.15, 0.2) is 18.2 Å². The lowest BCUT2D eigenvalue weighted by molar-refractivity contribution is -0.128. The summed E-state index contributed by atoms with van der Waals surface area (Å²) < 4.78 is 10.8. The van der Waals surface area contributed by atoms with Crippen LogP contribution in [-0.4, -0.2) is 48.8 Å². The van der Waals surface area contributed by atoms with Crippen LogP contribution >= 0.6 is 0 Å². The van der Waals surface area contributed by atoms with E-state index in [-0.39, 0.29) is 17.9 Å². The summed E-state index contributed by atoms with van der Waals surface area (Å²) >= 11 is 0. The minimum Gasteiger partial charge on any atom is -0.493 e. The van der Waals surface area contributed by atoms with Crippen molar-refractivity contribution < 1.29 is 19.4 Å². The van der Waals surface area contributed by atoms with Gasteiger partial charge in [-0.25, -0.2) is 0 Å². The number of ether oxygens (including phenoxy) is 2. The van der Waals surface area contributed by atoms with Gasteiger partial charge in [0.2, 0.25) is 5.91 Å². The molecule has 0 aromatic heterocycles. The molecule has 0 radical (unpaired) electrons. The SMILES string of the molecule is COc1ccc(C2C3CCCCC3(O)CCN2CCC(N)=O)cc1OC. The Bertz CT molecular complexity index is 651.